The van der Waals surface area contributed by atoms with Crippen LogP contribution in [0.15, 0.2) is 40.2 Å². The quantitative estimate of drug-likeness (QED) is 0.500. The molecule has 3 aliphatic heterocycles. The van der Waals surface area contributed by atoms with E-state index in [9.17, 15) is 18.8 Å². The normalized spacial score (nSPS) is 20.8. The molecule has 0 spiro atoms. The van der Waals surface area contributed by atoms with Gasteiger partial charge in [0.05, 0.1) is 40.5 Å². The number of amides is 2. The molecule has 0 bridgehead atoms. The van der Waals surface area contributed by atoms with E-state index in [1.54, 1.807) is 16.7 Å². The molecule has 6 heterocycles. The Labute approximate surface area is 202 Å². The van der Waals surface area contributed by atoms with Gasteiger partial charge in [-0.2, -0.15) is 0 Å². The third-order valence-electron chi connectivity index (χ3n) is 6.41. The number of hydrogen-bond donors (Lipinski definition) is 2. The highest BCUT2D eigenvalue weighted by Crippen LogP contribution is 2.34. The van der Waals surface area contributed by atoms with E-state index in [0.717, 1.165) is 4.90 Å². The summed E-state index contributed by atoms with van der Waals surface area (Å²) in [5.41, 5.74) is 1.43. The maximum absolute atomic E-state index is 14.6. The van der Waals surface area contributed by atoms with Crippen LogP contribution < -0.4 is 21.1 Å². The van der Waals surface area contributed by atoms with E-state index >= 15 is 0 Å². The number of carbonyl (C=O) groups excluding carboxylic acids is 2. The molecule has 6 rings (SSSR count). The zero-order valence-corrected chi connectivity index (χ0v) is 19.3. The Morgan fingerprint density at radius 2 is 2.09 bits per heavy atom. The first-order valence-corrected chi connectivity index (χ1v) is 12.3. The van der Waals surface area contributed by atoms with Crippen molar-refractivity contribution in [1.29, 1.82) is 0 Å². The van der Waals surface area contributed by atoms with Crippen LogP contribution in [-0.4, -0.2) is 51.5 Å². The molecule has 0 aliphatic carbocycles. The van der Waals surface area contributed by atoms with Crippen LogP contribution in [0.2, 0.25) is 0 Å². The lowest BCUT2D eigenvalue weighted by Gasteiger charge is -2.18. The SMILES string of the molecule is O=C1CSc2ccc(N3C[C@@H](CCCN[C@H]4Cn5c(=O)ccc6ncc(F)c4c65)OC3=O)nc2N1. The molecule has 1 fully saturated rings. The molecule has 10 nitrogen and oxygen atoms in total. The topological polar surface area (TPSA) is 118 Å². The van der Waals surface area contributed by atoms with Gasteiger partial charge in [0, 0.05) is 18.2 Å². The average molecular weight is 497 g/mol. The largest absolute Gasteiger partial charge is 0.444 e. The molecule has 180 valence electrons. The highest BCUT2D eigenvalue weighted by atomic mass is 32.2. The third-order valence-corrected chi connectivity index (χ3v) is 7.46. The Hall–Kier alpha value is -3.51. The first-order chi connectivity index (χ1) is 17.0. The lowest BCUT2D eigenvalue weighted by molar-refractivity contribution is -0.113. The maximum atomic E-state index is 14.6. The number of pyridine rings is 3. The summed E-state index contributed by atoms with van der Waals surface area (Å²) in [6.07, 6.45) is 1.71. The number of thioether (sulfide) groups is 1. The maximum Gasteiger partial charge on any atom is 0.415 e. The molecule has 0 unspecified atom stereocenters. The Kier molecular flexibility index (Phi) is 5.41. The number of cyclic esters (lactones) is 1. The van der Waals surface area contributed by atoms with Gasteiger partial charge in [-0.3, -0.25) is 19.5 Å². The molecule has 2 amide bonds. The fraction of sp³-hybridized carbons (Fsp3) is 0.348. The number of ether oxygens (including phenoxy) is 1. The van der Waals surface area contributed by atoms with Gasteiger partial charge in [-0.05, 0) is 37.6 Å². The summed E-state index contributed by atoms with van der Waals surface area (Å²) in [5, 5.41) is 6.07. The van der Waals surface area contributed by atoms with E-state index < -0.39 is 11.9 Å². The van der Waals surface area contributed by atoms with Crippen LogP contribution in [0.25, 0.3) is 11.0 Å². The lowest BCUT2D eigenvalue weighted by atomic mass is 10.1. The number of hydrogen-bond acceptors (Lipinski definition) is 8. The van der Waals surface area contributed by atoms with Gasteiger partial charge in [-0.1, -0.05) is 0 Å². The summed E-state index contributed by atoms with van der Waals surface area (Å²) in [4.78, 5) is 47.2. The van der Waals surface area contributed by atoms with E-state index in [1.165, 1.54) is 28.9 Å². The Morgan fingerprint density at radius 1 is 1.20 bits per heavy atom. The minimum absolute atomic E-state index is 0.121. The summed E-state index contributed by atoms with van der Waals surface area (Å²) in [6.45, 7) is 1.26. The predicted octanol–water partition coefficient (Wildman–Crippen LogP) is 2.42. The number of aromatic nitrogens is 3. The predicted molar refractivity (Wildman–Crippen MR) is 127 cm³/mol. The zero-order chi connectivity index (χ0) is 24.1. The van der Waals surface area contributed by atoms with Gasteiger partial charge in [-0.25, -0.2) is 14.2 Å². The monoisotopic (exact) mass is 496 g/mol. The summed E-state index contributed by atoms with van der Waals surface area (Å²) < 4.78 is 21.6. The highest BCUT2D eigenvalue weighted by molar-refractivity contribution is 8.00. The standard InChI is InChI=1S/C23H21FN6O4S/c24-13-8-26-14-3-6-19(32)30-10-15(20(13)21(14)30)25-7-1-2-12-9-29(23(33)34-12)17-5-4-16-22(27-17)28-18(31)11-35-16/h3-6,8,12,15,25H,1-2,7,9-11H2,(H,27,28,31)/t12-,15+/m1/s1. The Bertz CT molecular complexity index is 1430. The van der Waals surface area contributed by atoms with Gasteiger partial charge in [-0.15, -0.1) is 11.8 Å². The van der Waals surface area contributed by atoms with E-state index in [4.69, 9.17) is 4.74 Å². The van der Waals surface area contributed by atoms with Crippen LogP contribution >= 0.6 is 11.8 Å². The second-order valence-corrected chi connectivity index (χ2v) is 9.67. The van der Waals surface area contributed by atoms with Gasteiger partial charge in [0.15, 0.2) is 0 Å². The van der Waals surface area contributed by atoms with Crippen LogP contribution in [0, 0.1) is 5.82 Å². The molecule has 3 aromatic heterocycles. The minimum atomic E-state index is -0.475. The van der Waals surface area contributed by atoms with Crippen LogP contribution in [0.3, 0.4) is 0 Å². The van der Waals surface area contributed by atoms with Crippen molar-refractivity contribution in [3.63, 3.8) is 0 Å². The number of rotatable bonds is 6. The van der Waals surface area contributed by atoms with Crippen LogP contribution in [-0.2, 0) is 16.1 Å². The number of nitrogens with zero attached hydrogens (tertiary/aromatic N) is 4. The molecule has 0 radical (unpaired) electrons. The number of anilines is 2. The summed E-state index contributed by atoms with van der Waals surface area (Å²) in [6, 6.07) is 6.32. The van der Waals surface area contributed by atoms with Crippen LogP contribution in [0.5, 0.6) is 0 Å². The zero-order valence-electron chi connectivity index (χ0n) is 18.5. The van der Waals surface area contributed by atoms with E-state index in [-0.39, 0.29) is 23.6 Å². The molecular weight excluding hydrogens is 475 g/mol. The van der Waals surface area contributed by atoms with Crippen molar-refractivity contribution in [1.82, 2.24) is 19.9 Å². The van der Waals surface area contributed by atoms with E-state index in [1.807, 2.05) is 6.07 Å². The second-order valence-electron chi connectivity index (χ2n) is 8.65. The van der Waals surface area contributed by atoms with Gasteiger partial charge in [0.2, 0.25) is 5.91 Å². The molecule has 12 heteroatoms. The molecule has 2 N–H and O–H groups in total. The first-order valence-electron chi connectivity index (χ1n) is 11.3. The molecule has 1 saturated heterocycles. The molecule has 0 saturated carbocycles. The Morgan fingerprint density at radius 3 is 2.97 bits per heavy atom. The van der Waals surface area contributed by atoms with Crippen molar-refractivity contribution in [2.24, 2.45) is 0 Å². The number of carbonyl (C=O) groups is 2. The average Bonchev–Trinajstić information content (AvgIpc) is 3.42. The molecular formula is C23H21FN6O4S. The van der Waals surface area contributed by atoms with E-state index in [2.05, 4.69) is 20.6 Å². The van der Waals surface area contributed by atoms with Crippen LogP contribution in [0.1, 0.15) is 24.4 Å². The fourth-order valence-electron chi connectivity index (χ4n) is 4.79. The molecule has 2 atom stereocenters. The summed E-state index contributed by atoms with van der Waals surface area (Å²) in [7, 11) is 0. The third kappa shape index (κ3) is 3.92. The molecule has 35 heavy (non-hydrogen) atoms. The first kappa shape index (κ1) is 22.0. The summed E-state index contributed by atoms with van der Waals surface area (Å²) in [5.74, 6) is 0.684. The second kappa shape index (κ2) is 8.61. The Balaban J connectivity index is 1.06. The van der Waals surface area contributed by atoms with Crippen molar-refractivity contribution in [3.8, 4) is 0 Å². The molecule has 3 aromatic rings. The number of fused-ring (bicyclic) bond motifs is 1. The van der Waals surface area contributed by atoms with E-state index in [0.29, 0.717) is 66.5 Å². The van der Waals surface area contributed by atoms with Gasteiger partial charge < -0.3 is 19.9 Å². The number of nitrogens with one attached hydrogen (secondary N) is 2. The van der Waals surface area contributed by atoms with Gasteiger partial charge in [0.25, 0.3) is 5.56 Å². The molecule has 3 aliphatic rings. The van der Waals surface area contributed by atoms with Gasteiger partial charge in [0.1, 0.15) is 23.6 Å². The molecule has 0 aromatic carbocycles. The highest BCUT2D eigenvalue weighted by Gasteiger charge is 2.34. The van der Waals surface area contributed by atoms with Gasteiger partial charge >= 0.3 is 6.09 Å². The summed E-state index contributed by atoms with van der Waals surface area (Å²) >= 11 is 1.41. The van der Waals surface area contributed by atoms with Crippen molar-refractivity contribution < 1.29 is 18.7 Å². The fourth-order valence-corrected chi connectivity index (χ4v) is 5.54. The van der Waals surface area contributed by atoms with Crippen molar-refractivity contribution in [2.75, 3.05) is 29.1 Å². The lowest BCUT2D eigenvalue weighted by Crippen LogP contribution is -2.28. The van der Waals surface area contributed by atoms with Crippen molar-refractivity contribution in [3.05, 3.63) is 52.2 Å². The van der Waals surface area contributed by atoms with Crippen molar-refractivity contribution >= 4 is 46.4 Å². The smallest absolute Gasteiger partial charge is 0.415 e. The minimum Gasteiger partial charge on any atom is -0.444 e. The number of halogens is 1. The van der Waals surface area contributed by atoms with Crippen LogP contribution in [0.4, 0.5) is 20.8 Å². The van der Waals surface area contributed by atoms with Crippen molar-refractivity contribution in [2.45, 2.75) is 36.4 Å².